The van der Waals surface area contributed by atoms with Gasteiger partial charge in [0.25, 0.3) is 0 Å². The van der Waals surface area contributed by atoms with E-state index in [1.54, 1.807) is 12.1 Å². The minimum absolute atomic E-state index is 0.250. The van der Waals surface area contributed by atoms with Gasteiger partial charge >= 0.3 is 0 Å². The molecule has 0 aliphatic heterocycles. The molecule has 0 aliphatic rings. The van der Waals surface area contributed by atoms with Crippen LogP contribution >= 0.6 is 15.9 Å². The summed E-state index contributed by atoms with van der Waals surface area (Å²) >= 11 is 3.42. The summed E-state index contributed by atoms with van der Waals surface area (Å²) in [6.45, 7) is 6.04. The van der Waals surface area contributed by atoms with Gasteiger partial charge in [-0.3, -0.25) is 9.10 Å². The van der Waals surface area contributed by atoms with E-state index in [9.17, 15) is 13.2 Å². The van der Waals surface area contributed by atoms with Crippen LogP contribution in [0, 0.1) is 6.92 Å². The Balaban J connectivity index is 2.10. The SMILES string of the molecule is Cc1ccccc1N(CC(=O)NCC(C)(C)c1ccc(Br)cc1)S(C)(=O)=O. The number of aryl methyl sites for hydroxylation is 1. The van der Waals surface area contributed by atoms with Gasteiger partial charge in [-0.1, -0.05) is 60.1 Å². The highest BCUT2D eigenvalue weighted by Crippen LogP contribution is 2.24. The van der Waals surface area contributed by atoms with Crippen molar-refractivity contribution in [3.63, 3.8) is 0 Å². The Morgan fingerprint density at radius 2 is 1.70 bits per heavy atom. The highest BCUT2D eigenvalue weighted by atomic mass is 79.9. The standard InChI is InChI=1S/C20H25BrN2O3S/c1-15-7-5-6-8-18(15)23(27(4,25)26)13-19(24)22-14-20(2,3)16-9-11-17(21)12-10-16/h5-12H,13-14H2,1-4H3,(H,22,24). The monoisotopic (exact) mass is 452 g/mol. The molecule has 0 saturated heterocycles. The summed E-state index contributed by atoms with van der Waals surface area (Å²) in [4.78, 5) is 12.5. The van der Waals surface area contributed by atoms with E-state index in [0.29, 0.717) is 12.2 Å². The summed E-state index contributed by atoms with van der Waals surface area (Å²) in [6, 6.07) is 15.1. The van der Waals surface area contributed by atoms with E-state index in [-0.39, 0.29) is 17.9 Å². The molecule has 0 bridgehead atoms. The first kappa shape index (κ1) is 21.4. The molecular formula is C20H25BrN2O3S. The van der Waals surface area contributed by atoms with Crippen molar-refractivity contribution < 1.29 is 13.2 Å². The Hall–Kier alpha value is -1.86. The molecule has 0 radical (unpaired) electrons. The molecule has 0 fully saturated rings. The van der Waals surface area contributed by atoms with Gasteiger partial charge in [0, 0.05) is 16.4 Å². The molecule has 0 aromatic heterocycles. The minimum Gasteiger partial charge on any atom is -0.354 e. The largest absolute Gasteiger partial charge is 0.354 e. The van der Waals surface area contributed by atoms with Crippen molar-refractivity contribution in [2.45, 2.75) is 26.2 Å². The van der Waals surface area contributed by atoms with Crippen molar-refractivity contribution in [3.05, 3.63) is 64.1 Å². The number of nitrogens with one attached hydrogen (secondary N) is 1. The number of anilines is 1. The lowest BCUT2D eigenvalue weighted by Crippen LogP contribution is -2.44. The second-order valence-electron chi connectivity index (χ2n) is 7.22. The van der Waals surface area contributed by atoms with E-state index in [0.717, 1.165) is 26.2 Å². The Morgan fingerprint density at radius 1 is 1.11 bits per heavy atom. The van der Waals surface area contributed by atoms with Crippen molar-refractivity contribution in [2.24, 2.45) is 0 Å². The molecule has 1 N–H and O–H groups in total. The van der Waals surface area contributed by atoms with Crippen LogP contribution in [0.2, 0.25) is 0 Å². The zero-order valence-electron chi connectivity index (χ0n) is 16.0. The topological polar surface area (TPSA) is 66.5 Å². The summed E-state index contributed by atoms with van der Waals surface area (Å²) in [6.07, 6.45) is 1.11. The third-order valence-electron chi connectivity index (χ3n) is 4.42. The van der Waals surface area contributed by atoms with Crippen LogP contribution in [-0.4, -0.2) is 33.7 Å². The molecule has 1 amide bonds. The Kier molecular flexibility index (Phi) is 6.70. The van der Waals surface area contributed by atoms with Crippen molar-refractivity contribution in [3.8, 4) is 0 Å². The normalized spacial score (nSPS) is 11.9. The number of carbonyl (C=O) groups is 1. The first-order valence-corrected chi connectivity index (χ1v) is 11.2. The summed E-state index contributed by atoms with van der Waals surface area (Å²) < 4.78 is 26.6. The van der Waals surface area contributed by atoms with Crippen molar-refractivity contribution in [2.75, 3.05) is 23.7 Å². The number of sulfonamides is 1. The fourth-order valence-electron chi connectivity index (χ4n) is 2.73. The zero-order valence-corrected chi connectivity index (χ0v) is 18.4. The van der Waals surface area contributed by atoms with Gasteiger partial charge in [0.15, 0.2) is 0 Å². The van der Waals surface area contributed by atoms with Crippen LogP contribution in [0.25, 0.3) is 0 Å². The number of nitrogens with zero attached hydrogens (tertiary/aromatic N) is 1. The first-order chi connectivity index (χ1) is 12.5. The lowest BCUT2D eigenvalue weighted by molar-refractivity contribution is -0.119. The molecule has 0 heterocycles. The van der Waals surface area contributed by atoms with E-state index < -0.39 is 10.0 Å². The third-order valence-corrected chi connectivity index (χ3v) is 6.08. The Morgan fingerprint density at radius 3 is 2.26 bits per heavy atom. The van der Waals surface area contributed by atoms with Gasteiger partial charge < -0.3 is 5.32 Å². The van der Waals surface area contributed by atoms with Crippen molar-refractivity contribution in [1.82, 2.24) is 5.32 Å². The number of rotatable bonds is 7. The molecule has 0 spiro atoms. The fraction of sp³-hybridized carbons (Fsp3) is 0.350. The maximum atomic E-state index is 12.5. The van der Waals surface area contributed by atoms with E-state index in [4.69, 9.17) is 0 Å². The predicted molar refractivity (Wildman–Crippen MR) is 114 cm³/mol. The van der Waals surface area contributed by atoms with Crippen LogP contribution in [0.3, 0.4) is 0 Å². The average Bonchev–Trinajstić information content (AvgIpc) is 2.58. The lowest BCUT2D eigenvalue weighted by atomic mass is 9.84. The summed E-state index contributed by atoms with van der Waals surface area (Å²) in [5, 5.41) is 2.87. The smallest absolute Gasteiger partial charge is 0.240 e. The average molecular weight is 453 g/mol. The van der Waals surface area contributed by atoms with Gasteiger partial charge in [-0.05, 0) is 36.2 Å². The zero-order chi connectivity index (χ0) is 20.2. The molecule has 0 atom stereocenters. The number of hydrogen-bond acceptors (Lipinski definition) is 3. The van der Waals surface area contributed by atoms with Crippen LogP contribution in [0.4, 0.5) is 5.69 Å². The van der Waals surface area contributed by atoms with E-state index in [2.05, 4.69) is 21.2 Å². The Labute approximate surface area is 170 Å². The minimum atomic E-state index is -3.58. The molecule has 2 aromatic carbocycles. The molecule has 5 nitrogen and oxygen atoms in total. The molecule has 2 rings (SSSR count). The van der Waals surface area contributed by atoms with Gasteiger partial charge in [-0.15, -0.1) is 0 Å². The second kappa shape index (κ2) is 8.44. The second-order valence-corrected chi connectivity index (χ2v) is 10.0. The molecule has 0 unspecified atom stereocenters. The van der Waals surface area contributed by atoms with Crippen molar-refractivity contribution >= 4 is 37.5 Å². The first-order valence-electron chi connectivity index (χ1n) is 8.57. The molecule has 27 heavy (non-hydrogen) atoms. The van der Waals surface area contributed by atoms with Crippen LogP contribution in [-0.2, 0) is 20.2 Å². The summed E-state index contributed by atoms with van der Waals surface area (Å²) in [5.41, 5.74) is 2.12. The van der Waals surface area contributed by atoms with E-state index in [1.165, 1.54) is 0 Å². The van der Waals surface area contributed by atoms with Crippen LogP contribution in [0.1, 0.15) is 25.0 Å². The van der Waals surface area contributed by atoms with Gasteiger partial charge in [-0.25, -0.2) is 8.42 Å². The molecule has 0 saturated carbocycles. The van der Waals surface area contributed by atoms with Gasteiger partial charge in [0.05, 0.1) is 11.9 Å². The molecule has 7 heteroatoms. The third kappa shape index (κ3) is 5.81. The number of hydrogen-bond donors (Lipinski definition) is 1. The van der Waals surface area contributed by atoms with Crippen molar-refractivity contribution in [1.29, 1.82) is 0 Å². The van der Waals surface area contributed by atoms with Crippen LogP contribution in [0.15, 0.2) is 53.0 Å². The quantitative estimate of drug-likeness (QED) is 0.697. The number of carbonyl (C=O) groups excluding carboxylic acids is 1. The molecule has 146 valence electrons. The van der Waals surface area contributed by atoms with E-state index >= 15 is 0 Å². The predicted octanol–water partition coefficient (Wildman–Crippen LogP) is 3.62. The fourth-order valence-corrected chi connectivity index (χ4v) is 3.91. The van der Waals surface area contributed by atoms with Crippen LogP contribution < -0.4 is 9.62 Å². The molecule has 2 aromatic rings. The van der Waals surface area contributed by atoms with Gasteiger partial charge in [-0.2, -0.15) is 0 Å². The summed E-state index contributed by atoms with van der Waals surface area (Å²) in [5.74, 6) is -0.339. The van der Waals surface area contributed by atoms with E-state index in [1.807, 2.05) is 57.2 Å². The number of para-hydroxylation sites is 1. The number of amides is 1. The van der Waals surface area contributed by atoms with Gasteiger partial charge in [0.1, 0.15) is 6.54 Å². The number of benzene rings is 2. The molecular weight excluding hydrogens is 428 g/mol. The maximum Gasteiger partial charge on any atom is 0.240 e. The lowest BCUT2D eigenvalue weighted by Gasteiger charge is -2.27. The summed E-state index contributed by atoms with van der Waals surface area (Å²) in [7, 11) is -3.58. The van der Waals surface area contributed by atoms with Gasteiger partial charge in [0.2, 0.25) is 15.9 Å². The number of halogens is 1. The highest BCUT2D eigenvalue weighted by molar-refractivity contribution is 9.10. The van der Waals surface area contributed by atoms with Crippen LogP contribution in [0.5, 0.6) is 0 Å². The maximum absolute atomic E-state index is 12.5. The Bertz CT molecular complexity index is 909. The molecule has 0 aliphatic carbocycles. The highest BCUT2D eigenvalue weighted by Gasteiger charge is 2.25.